The monoisotopic (exact) mass is 632 g/mol. The van der Waals surface area contributed by atoms with Gasteiger partial charge in [0.1, 0.15) is 11.3 Å². The van der Waals surface area contributed by atoms with Gasteiger partial charge in [0.25, 0.3) is 0 Å². The van der Waals surface area contributed by atoms with Gasteiger partial charge in [0.05, 0.1) is 0 Å². The Kier molecular flexibility index (Phi) is 5.98. The zero-order valence-electron chi connectivity index (χ0n) is 25.5. The quantitative estimate of drug-likeness (QED) is 0.193. The molecule has 224 valence electrons. The van der Waals surface area contributed by atoms with Crippen molar-refractivity contribution in [2.24, 2.45) is 0 Å². The van der Waals surface area contributed by atoms with Crippen molar-refractivity contribution >= 4 is 64.2 Å². The molecule has 0 unspecified atom stereocenters. The van der Waals surface area contributed by atoms with Crippen molar-refractivity contribution in [2.45, 2.75) is 0 Å². The number of benzene rings is 6. The summed E-state index contributed by atoms with van der Waals surface area (Å²) in [7, 11) is 0. The summed E-state index contributed by atoms with van der Waals surface area (Å²) in [5.41, 5.74) is 6.12. The van der Waals surface area contributed by atoms with E-state index in [1.807, 2.05) is 54.7 Å². The third kappa shape index (κ3) is 4.24. The van der Waals surface area contributed by atoms with Crippen molar-refractivity contribution in [3.05, 3.63) is 146 Å². The lowest BCUT2D eigenvalue weighted by molar-refractivity contribution is 0.668. The Hall–Kier alpha value is -6.24. The zero-order valence-corrected chi connectivity index (χ0v) is 26.3. The number of hydrogen-bond acceptors (Lipinski definition) is 6. The molecule has 10 aromatic rings. The summed E-state index contributed by atoms with van der Waals surface area (Å²) in [6.07, 6.45) is 1.88. The SMILES string of the molecule is c1ccc(-c2nc(-c3ccc4ccccc4c3)nc(-c3cccc4oc5c(-c6cccc7sc8ccccc8c67)nccc5c34)n2)cc1. The maximum absolute atomic E-state index is 6.69. The first-order valence-electron chi connectivity index (χ1n) is 15.8. The lowest BCUT2D eigenvalue weighted by Gasteiger charge is -2.10. The molecule has 0 aliphatic rings. The Balaban J connectivity index is 1.22. The Morgan fingerprint density at radius 1 is 0.479 bits per heavy atom. The summed E-state index contributed by atoms with van der Waals surface area (Å²) >= 11 is 1.80. The van der Waals surface area contributed by atoms with Crippen LogP contribution < -0.4 is 0 Å². The van der Waals surface area contributed by atoms with E-state index in [9.17, 15) is 0 Å². The van der Waals surface area contributed by atoms with Gasteiger partial charge in [0.15, 0.2) is 23.1 Å². The first kappa shape index (κ1) is 26.9. The second-order valence-corrected chi connectivity index (χ2v) is 12.9. The molecule has 0 aliphatic carbocycles. The Bertz CT molecular complexity index is 2860. The van der Waals surface area contributed by atoms with Gasteiger partial charge < -0.3 is 4.42 Å². The molecule has 4 heterocycles. The predicted octanol–water partition coefficient (Wildman–Crippen LogP) is 11.4. The number of rotatable bonds is 4. The first-order chi connectivity index (χ1) is 23.8. The number of nitrogens with zero attached hydrogens (tertiary/aromatic N) is 4. The van der Waals surface area contributed by atoms with E-state index in [0.29, 0.717) is 17.5 Å². The highest BCUT2D eigenvalue weighted by atomic mass is 32.1. The predicted molar refractivity (Wildman–Crippen MR) is 197 cm³/mol. The summed E-state index contributed by atoms with van der Waals surface area (Å²) in [5.74, 6) is 1.82. The fourth-order valence-electron chi connectivity index (χ4n) is 6.77. The van der Waals surface area contributed by atoms with Crippen LogP contribution in [0.2, 0.25) is 0 Å². The van der Waals surface area contributed by atoms with Crippen LogP contribution in [0.4, 0.5) is 0 Å². The normalized spacial score (nSPS) is 11.8. The fourth-order valence-corrected chi connectivity index (χ4v) is 7.90. The minimum absolute atomic E-state index is 0.588. The molecule has 0 atom stereocenters. The molecule has 0 radical (unpaired) electrons. The van der Waals surface area contributed by atoms with E-state index in [4.69, 9.17) is 24.4 Å². The average Bonchev–Trinajstić information content (AvgIpc) is 3.74. The lowest BCUT2D eigenvalue weighted by atomic mass is 10.0. The van der Waals surface area contributed by atoms with Gasteiger partial charge in [-0.2, -0.15) is 0 Å². The molecular weight excluding hydrogens is 609 g/mol. The maximum Gasteiger partial charge on any atom is 0.164 e. The Morgan fingerprint density at radius 3 is 2.12 bits per heavy atom. The van der Waals surface area contributed by atoms with Crippen LogP contribution in [-0.4, -0.2) is 19.9 Å². The number of aromatic nitrogens is 4. The van der Waals surface area contributed by atoms with Gasteiger partial charge in [0.2, 0.25) is 0 Å². The summed E-state index contributed by atoms with van der Waals surface area (Å²) in [6.45, 7) is 0. The summed E-state index contributed by atoms with van der Waals surface area (Å²) in [5, 5.41) is 6.65. The molecule has 0 saturated carbocycles. The van der Waals surface area contributed by atoms with E-state index in [-0.39, 0.29) is 0 Å². The van der Waals surface area contributed by atoms with Gasteiger partial charge in [-0.1, -0.05) is 109 Å². The highest BCUT2D eigenvalue weighted by Gasteiger charge is 2.21. The smallest absolute Gasteiger partial charge is 0.164 e. The molecule has 0 amide bonds. The highest BCUT2D eigenvalue weighted by molar-refractivity contribution is 7.25. The number of furan rings is 1. The van der Waals surface area contributed by atoms with Crippen molar-refractivity contribution in [3.8, 4) is 45.4 Å². The van der Waals surface area contributed by atoms with Gasteiger partial charge >= 0.3 is 0 Å². The third-order valence-corrected chi connectivity index (χ3v) is 10.1. The van der Waals surface area contributed by atoms with Crippen molar-refractivity contribution < 1.29 is 4.42 Å². The second kappa shape index (κ2) is 10.7. The maximum atomic E-state index is 6.69. The Morgan fingerprint density at radius 2 is 1.21 bits per heavy atom. The van der Waals surface area contributed by atoms with E-state index < -0.39 is 0 Å². The Labute approximate surface area is 278 Å². The van der Waals surface area contributed by atoms with Crippen LogP contribution in [0.25, 0.3) is 98.3 Å². The van der Waals surface area contributed by atoms with Crippen LogP contribution in [0.15, 0.2) is 150 Å². The number of hydrogen-bond donors (Lipinski definition) is 0. The van der Waals surface area contributed by atoms with Gasteiger partial charge in [-0.3, -0.25) is 4.98 Å². The van der Waals surface area contributed by atoms with Crippen LogP contribution >= 0.6 is 11.3 Å². The van der Waals surface area contributed by atoms with E-state index in [0.717, 1.165) is 55.3 Å². The number of fused-ring (bicyclic) bond motifs is 7. The molecule has 6 heteroatoms. The molecule has 5 nitrogen and oxygen atoms in total. The molecule has 6 aromatic carbocycles. The minimum atomic E-state index is 0.588. The molecule has 48 heavy (non-hydrogen) atoms. The van der Waals surface area contributed by atoms with Gasteiger partial charge in [-0.25, -0.2) is 15.0 Å². The van der Waals surface area contributed by atoms with Crippen LogP contribution in [0.1, 0.15) is 0 Å². The second-order valence-electron chi connectivity index (χ2n) is 11.8. The summed E-state index contributed by atoms with van der Waals surface area (Å²) in [6, 6.07) is 47.8. The number of pyridine rings is 1. The van der Waals surface area contributed by atoms with E-state index in [2.05, 4.69) is 91.0 Å². The number of thiophene rings is 1. The molecule has 0 aliphatic heterocycles. The van der Waals surface area contributed by atoms with Gasteiger partial charge in [-0.15, -0.1) is 11.3 Å². The molecule has 4 aromatic heterocycles. The van der Waals surface area contributed by atoms with Crippen LogP contribution in [0.3, 0.4) is 0 Å². The van der Waals surface area contributed by atoms with Crippen molar-refractivity contribution in [1.82, 2.24) is 19.9 Å². The molecule has 0 saturated heterocycles. The molecule has 0 bridgehead atoms. The summed E-state index contributed by atoms with van der Waals surface area (Å²) in [4.78, 5) is 20.1. The van der Waals surface area contributed by atoms with Gasteiger partial charge in [0, 0.05) is 59.4 Å². The van der Waals surface area contributed by atoms with Crippen LogP contribution in [-0.2, 0) is 0 Å². The fraction of sp³-hybridized carbons (Fsp3) is 0. The highest BCUT2D eigenvalue weighted by Crippen LogP contribution is 2.44. The molecular formula is C42H24N4OS. The van der Waals surface area contributed by atoms with Crippen LogP contribution in [0.5, 0.6) is 0 Å². The van der Waals surface area contributed by atoms with Crippen molar-refractivity contribution in [1.29, 1.82) is 0 Å². The average molecular weight is 633 g/mol. The van der Waals surface area contributed by atoms with Crippen LogP contribution in [0, 0.1) is 0 Å². The molecule has 0 N–H and O–H groups in total. The largest absolute Gasteiger partial charge is 0.454 e. The minimum Gasteiger partial charge on any atom is -0.454 e. The van der Waals surface area contributed by atoms with Crippen molar-refractivity contribution in [3.63, 3.8) is 0 Å². The molecule has 0 spiro atoms. The molecule has 0 fully saturated rings. The topological polar surface area (TPSA) is 64.7 Å². The third-order valence-electron chi connectivity index (χ3n) is 8.99. The van der Waals surface area contributed by atoms with Gasteiger partial charge in [-0.05, 0) is 41.1 Å². The lowest BCUT2D eigenvalue weighted by Crippen LogP contribution is -2.00. The van der Waals surface area contributed by atoms with E-state index in [1.54, 1.807) is 11.3 Å². The standard InChI is InChI=1S/C42H24N4OS/c1-2-11-26(12-3-1)40-44-41(28-21-20-25-10-4-5-13-27(25)24-28)46-42(45-40)32-16-8-17-33-36(32)31-22-23-43-38(39(31)47-33)30-15-9-19-35-37(30)29-14-6-7-18-34(29)48-35/h1-24H. The summed E-state index contributed by atoms with van der Waals surface area (Å²) < 4.78 is 9.17. The molecule has 10 rings (SSSR count). The van der Waals surface area contributed by atoms with E-state index >= 15 is 0 Å². The van der Waals surface area contributed by atoms with E-state index in [1.165, 1.54) is 25.6 Å². The zero-order chi connectivity index (χ0) is 31.6. The first-order valence-corrected chi connectivity index (χ1v) is 16.6. The van der Waals surface area contributed by atoms with Crippen molar-refractivity contribution in [2.75, 3.05) is 0 Å².